The van der Waals surface area contributed by atoms with Crippen molar-refractivity contribution in [1.29, 1.82) is 0 Å². The molecule has 0 radical (unpaired) electrons. The molecule has 0 aliphatic carbocycles. The molecule has 0 bridgehead atoms. The molecule has 8 heavy (non-hydrogen) atoms. The molecule has 1 heteroatoms. The zero-order valence-corrected chi connectivity index (χ0v) is 5.26. The summed E-state index contributed by atoms with van der Waals surface area (Å²) < 4.78 is 5.02. The largest absolute Gasteiger partial charge is 0.373 e. The van der Waals surface area contributed by atoms with Crippen molar-refractivity contribution in [3.05, 3.63) is 12.2 Å². The fourth-order valence-electron chi connectivity index (χ4n) is 0.683. The van der Waals surface area contributed by atoms with Crippen molar-refractivity contribution in [2.75, 3.05) is 6.61 Å². The van der Waals surface area contributed by atoms with Crippen molar-refractivity contribution >= 4 is 0 Å². The summed E-state index contributed by atoms with van der Waals surface area (Å²) in [4.78, 5) is 0. The van der Waals surface area contributed by atoms with E-state index in [1.54, 1.807) is 0 Å². The highest BCUT2D eigenvalue weighted by Crippen LogP contribution is 2.15. The predicted molar refractivity (Wildman–Crippen MR) is 33.8 cm³/mol. The number of epoxide rings is 1. The molecule has 0 N–H and O–H groups in total. The Kier molecular flexibility index (Phi) is 2.10. The Morgan fingerprint density at radius 3 is 3.00 bits per heavy atom. The first-order chi connectivity index (χ1) is 3.93. The van der Waals surface area contributed by atoms with Crippen LogP contribution in [0.3, 0.4) is 0 Å². The van der Waals surface area contributed by atoms with Crippen LogP contribution in [-0.2, 0) is 4.74 Å². The molecule has 0 aromatic heterocycles. The van der Waals surface area contributed by atoms with Gasteiger partial charge >= 0.3 is 0 Å². The van der Waals surface area contributed by atoms with Gasteiger partial charge in [0, 0.05) is 0 Å². The summed E-state index contributed by atoms with van der Waals surface area (Å²) in [6, 6.07) is 0. The number of ether oxygens (including phenoxy) is 1. The van der Waals surface area contributed by atoms with E-state index in [4.69, 9.17) is 4.74 Å². The van der Waals surface area contributed by atoms with Gasteiger partial charge in [-0.25, -0.2) is 0 Å². The first kappa shape index (κ1) is 5.83. The molecule has 1 fully saturated rings. The van der Waals surface area contributed by atoms with Gasteiger partial charge in [-0.3, -0.25) is 0 Å². The fourth-order valence-corrected chi connectivity index (χ4v) is 0.683. The second-order valence-corrected chi connectivity index (χ2v) is 2.10. The second kappa shape index (κ2) is 2.88. The van der Waals surface area contributed by atoms with Gasteiger partial charge in [0.05, 0.1) is 12.7 Å². The maximum absolute atomic E-state index is 5.02. The van der Waals surface area contributed by atoms with Crippen LogP contribution in [-0.4, -0.2) is 12.7 Å². The molecule has 1 rings (SSSR count). The van der Waals surface area contributed by atoms with Crippen LogP contribution in [0.15, 0.2) is 12.2 Å². The Balaban J connectivity index is 1.88. The minimum atomic E-state index is 0.603. The molecular formula is C7H12O. The van der Waals surface area contributed by atoms with Gasteiger partial charge in [-0.2, -0.15) is 0 Å². The third-order valence-corrected chi connectivity index (χ3v) is 1.29. The molecule has 1 saturated heterocycles. The Labute approximate surface area is 50.3 Å². The third-order valence-electron chi connectivity index (χ3n) is 1.29. The molecule has 0 spiro atoms. The second-order valence-electron chi connectivity index (χ2n) is 2.10. The molecular weight excluding hydrogens is 100 g/mol. The quantitative estimate of drug-likeness (QED) is 0.400. The molecule has 1 atom stereocenters. The van der Waals surface area contributed by atoms with Gasteiger partial charge in [0.15, 0.2) is 0 Å². The lowest BCUT2D eigenvalue weighted by atomic mass is 10.2. The Morgan fingerprint density at radius 2 is 2.50 bits per heavy atom. The monoisotopic (exact) mass is 112 g/mol. The highest BCUT2D eigenvalue weighted by molar-refractivity contribution is 4.80. The fraction of sp³-hybridized carbons (Fsp3) is 0.714. The molecule has 1 aliphatic rings. The summed E-state index contributed by atoms with van der Waals surface area (Å²) >= 11 is 0. The van der Waals surface area contributed by atoms with E-state index < -0.39 is 0 Å². The van der Waals surface area contributed by atoms with E-state index >= 15 is 0 Å². The minimum Gasteiger partial charge on any atom is -0.373 e. The maximum Gasteiger partial charge on any atom is 0.0812 e. The van der Waals surface area contributed by atoms with Crippen LogP contribution in [0.1, 0.15) is 19.8 Å². The van der Waals surface area contributed by atoms with E-state index in [9.17, 15) is 0 Å². The first-order valence-corrected chi connectivity index (χ1v) is 3.16. The van der Waals surface area contributed by atoms with E-state index in [0.29, 0.717) is 6.10 Å². The van der Waals surface area contributed by atoms with Crippen molar-refractivity contribution in [3.8, 4) is 0 Å². The van der Waals surface area contributed by atoms with Crippen molar-refractivity contribution in [2.24, 2.45) is 0 Å². The normalized spacial score (nSPS) is 26.9. The van der Waals surface area contributed by atoms with Crippen LogP contribution in [0.25, 0.3) is 0 Å². The summed E-state index contributed by atoms with van der Waals surface area (Å²) in [5.74, 6) is 0. The van der Waals surface area contributed by atoms with Gasteiger partial charge in [0.1, 0.15) is 0 Å². The topological polar surface area (TPSA) is 12.5 Å². The van der Waals surface area contributed by atoms with Crippen LogP contribution >= 0.6 is 0 Å². The van der Waals surface area contributed by atoms with E-state index in [1.165, 1.54) is 12.8 Å². The summed E-state index contributed by atoms with van der Waals surface area (Å²) in [6.07, 6.45) is 7.27. The van der Waals surface area contributed by atoms with Gasteiger partial charge in [-0.05, 0) is 19.8 Å². The lowest BCUT2D eigenvalue weighted by Crippen LogP contribution is -1.80. The number of rotatable bonds is 3. The van der Waals surface area contributed by atoms with Gasteiger partial charge in [-0.1, -0.05) is 12.2 Å². The molecule has 1 nitrogen and oxygen atoms in total. The third kappa shape index (κ3) is 2.12. The number of hydrogen-bond donors (Lipinski definition) is 0. The van der Waals surface area contributed by atoms with E-state index in [0.717, 1.165) is 6.61 Å². The summed E-state index contributed by atoms with van der Waals surface area (Å²) in [5, 5.41) is 0. The molecule has 1 heterocycles. The van der Waals surface area contributed by atoms with Crippen LogP contribution in [0, 0.1) is 0 Å². The van der Waals surface area contributed by atoms with Gasteiger partial charge < -0.3 is 4.74 Å². The molecule has 0 aromatic carbocycles. The Morgan fingerprint density at radius 1 is 1.75 bits per heavy atom. The number of allylic oxidation sites excluding steroid dienone is 2. The maximum atomic E-state index is 5.02. The zero-order valence-electron chi connectivity index (χ0n) is 5.26. The van der Waals surface area contributed by atoms with Gasteiger partial charge in [-0.15, -0.1) is 0 Å². The lowest BCUT2D eigenvalue weighted by molar-refractivity contribution is 0.398. The predicted octanol–water partition coefficient (Wildman–Crippen LogP) is 1.74. The molecule has 1 aliphatic heterocycles. The molecule has 0 aromatic rings. The van der Waals surface area contributed by atoms with Crippen molar-refractivity contribution < 1.29 is 4.74 Å². The Hall–Kier alpha value is -0.300. The highest BCUT2D eigenvalue weighted by Gasteiger charge is 2.20. The Bertz CT molecular complexity index is 82.4. The zero-order chi connectivity index (χ0) is 5.82. The summed E-state index contributed by atoms with van der Waals surface area (Å²) in [6.45, 7) is 3.05. The molecule has 1 unspecified atom stereocenters. The van der Waals surface area contributed by atoms with E-state index in [-0.39, 0.29) is 0 Å². The molecule has 46 valence electrons. The lowest BCUT2D eigenvalue weighted by Gasteiger charge is -1.84. The molecule has 0 saturated carbocycles. The van der Waals surface area contributed by atoms with Crippen LogP contribution in [0.5, 0.6) is 0 Å². The summed E-state index contributed by atoms with van der Waals surface area (Å²) in [7, 11) is 0. The minimum absolute atomic E-state index is 0.603. The average Bonchev–Trinajstić information content (AvgIpc) is 2.51. The van der Waals surface area contributed by atoms with Crippen LogP contribution in [0.2, 0.25) is 0 Å². The van der Waals surface area contributed by atoms with Crippen LogP contribution in [0.4, 0.5) is 0 Å². The SMILES string of the molecule is C/C=C/CCC1CO1. The summed E-state index contributed by atoms with van der Waals surface area (Å²) in [5.41, 5.74) is 0. The van der Waals surface area contributed by atoms with Crippen molar-refractivity contribution in [2.45, 2.75) is 25.9 Å². The smallest absolute Gasteiger partial charge is 0.0812 e. The van der Waals surface area contributed by atoms with Crippen molar-refractivity contribution in [1.82, 2.24) is 0 Å². The first-order valence-electron chi connectivity index (χ1n) is 3.16. The number of hydrogen-bond acceptors (Lipinski definition) is 1. The van der Waals surface area contributed by atoms with Crippen LogP contribution < -0.4 is 0 Å². The highest BCUT2D eigenvalue weighted by atomic mass is 16.6. The average molecular weight is 112 g/mol. The van der Waals surface area contributed by atoms with E-state index in [1.807, 2.05) is 6.92 Å². The standard InChI is InChI=1S/C7H12O/c1-2-3-4-5-7-6-8-7/h2-3,7H,4-6H2,1H3/b3-2+. The molecule has 0 amide bonds. The van der Waals surface area contributed by atoms with Gasteiger partial charge in [0.2, 0.25) is 0 Å². The van der Waals surface area contributed by atoms with E-state index in [2.05, 4.69) is 12.2 Å². The van der Waals surface area contributed by atoms with Gasteiger partial charge in [0.25, 0.3) is 0 Å². The van der Waals surface area contributed by atoms with Crippen molar-refractivity contribution in [3.63, 3.8) is 0 Å².